The number of nitrogens with zero attached hydrogens (tertiary/aromatic N) is 2. The standard InChI is InChI=1S/C21H23FN2O/c22-21-9-7-20(8-10-21)19-5-3-18(4-6-19)17-24-14-12-23(13-15-24)11-1-2-16-25/h3-10,25H,11-17H2. The van der Waals surface area contributed by atoms with E-state index in [1.54, 1.807) is 0 Å². The van der Waals surface area contributed by atoms with Crippen LogP contribution in [0, 0.1) is 17.7 Å². The molecule has 0 radical (unpaired) electrons. The van der Waals surface area contributed by atoms with Crippen molar-refractivity contribution >= 4 is 0 Å². The predicted molar refractivity (Wildman–Crippen MR) is 98.4 cm³/mol. The molecule has 4 heteroatoms. The first-order valence-corrected chi connectivity index (χ1v) is 8.61. The van der Waals surface area contributed by atoms with Crippen LogP contribution in [0.25, 0.3) is 11.1 Å². The Hall–Kier alpha value is -2.19. The fraction of sp³-hybridized carbons (Fsp3) is 0.333. The van der Waals surface area contributed by atoms with Gasteiger partial charge >= 0.3 is 0 Å². The van der Waals surface area contributed by atoms with Crippen molar-refractivity contribution < 1.29 is 9.50 Å². The Balaban J connectivity index is 1.51. The maximum Gasteiger partial charge on any atom is 0.123 e. The van der Waals surface area contributed by atoms with Crippen LogP contribution in [0.5, 0.6) is 0 Å². The molecule has 130 valence electrons. The van der Waals surface area contributed by atoms with E-state index in [0.717, 1.165) is 50.4 Å². The highest BCUT2D eigenvalue weighted by Gasteiger charge is 2.16. The molecule has 1 aliphatic rings. The van der Waals surface area contributed by atoms with Crippen LogP contribution in [-0.2, 0) is 6.54 Å². The van der Waals surface area contributed by atoms with Crippen molar-refractivity contribution in [3.05, 3.63) is 59.9 Å². The van der Waals surface area contributed by atoms with Crippen molar-refractivity contribution in [3.63, 3.8) is 0 Å². The van der Waals surface area contributed by atoms with E-state index in [9.17, 15) is 4.39 Å². The highest BCUT2D eigenvalue weighted by atomic mass is 19.1. The van der Waals surface area contributed by atoms with Crippen molar-refractivity contribution in [2.45, 2.75) is 6.54 Å². The van der Waals surface area contributed by atoms with Crippen LogP contribution in [0.1, 0.15) is 5.56 Å². The molecule has 3 nitrogen and oxygen atoms in total. The first-order chi connectivity index (χ1) is 12.2. The van der Waals surface area contributed by atoms with Crippen molar-refractivity contribution in [1.82, 2.24) is 9.80 Å². The number of rotatable bonds is 4. The van der Waals surface area contributed by atoms with E-state index in [0.29, 0.717) is 0 Å². The van der Waals surface area contributed by atoms with Crippen molar-refractivity contribution in [3.8, 4) is 23.0 Å². The van der Waals surface area contributed by atoms with Crippen LogP contribution in [-0.4, -0.2) is 54.2 Å². The van der Waals surface area contributed by atoms with E-state index >= 15 is 0 Å². The fourth-order valence-electron chi connectivity index (χ4n) is 3.03. The van der Waals surface area contributed by atoms with Gasteiger partial charge in [-0.25, -0.2) is 4.39 Å². The number of piperazine rings is 1. The average Bonchev–Trinajstić information content (AvgIpc) is 2.65. The molecule has 1 saturated heterocycles. The van der Waals surface area contributed by atoms with Crippen LogP contribution in [0.15, 0.2) is 48.5 Å². The smallest absolute Gasteiger partial charge is 0.123 e. The molecule has 0 bridgehead atoms. The Kier molecular flexibility index (Phi) is 6.19. The molecule has 2 aromatic rings. The summed E-state index contributed by atoms with van der Waals surface area (Å²) in [7, 11) is 0. The highest BCUT2D eigenvalue weighted by molar-refractivity contribution is 5.63. The van der Waals surface area contributed by atoms with Crippen LogP contribution < -0.4 is 0 Å². The summed E-state index contributed by atoms with van der Waals surface area (Å²) in [5, 5.41) is 8.69. The summed E-state index contributed by atoms with van der Waals surface area (Å²) in [6, 6.07) is 15.1. The molecule has 25 heavy (non-hydrogen) atoms. The molecular formula is C21H23FN2O. The number of benzene rings is 2. The maximum atomic E-state index is 13.0. The number of hydrogen-bond acceptors (Lipinski definition) is 3. The summed E-state index contributed by atoms with van der Waals surface area (Å²) in [6.45, 7) is 5.69. The van der Waals surface area contributed by atoms with Crippen molar-refractivity contribution in [2.75, 3.05) is 39.3 Å². The molecular weight excluding hydrogens is 315 g/mol. The number of halogens is 1. The first-order valence-electron chi connectivity index (χ1n) is 8.61. The summed E-state index contributed by atoms with van der Waals surface area (Å²) in [6.07, 6.45) is 0. The van der Waals surface area contributed by atoms with Gasteiger partial charge in [0.25, 0.3) is 0 Å². The Morgan fingerprint density at radius 1 is 0.800 bits per heavy atom. The zero-order valence-electron chi connectivity index (χ0n) is 14.3. The van der Waals surface area contributed by atoms with E-state index in [-0.39, 0.29) is 12.4 Å². The van der Waals surface area contributed by atoms with Gasteiger partial charge in [-0.1, -0.05) is 48.2 Å². The van der Waals surface area contributed by atoms with E-state index < -0.39 is 0 Å². The average molecular weight is 338 g/mol. The summed E-state index contributed by atoms with van der Waals surface area (Å²) in [5.74, 6) is 5.47. The quantitative estimate of drug-likeness (QED) is 0.868. The third-order valence-electron chi connectivity index (χ3n) is 4.51. The maximum absolute atomic E-state index is 13.0. The van der Waals surface area contributed by atoms with Gasteiger partial charge in [-0.15, -0.1) is 0 Å². The second-order valence-electron chi connectivity index (χ2n) is 6.27. The zero-order valence-corrected chi connectivity index (χ0v) is 14.3. The molecule has 0 saturated carbocycles. The van der Waals surface area contributed by atoms with Crippen LogP contribution in [0.2, 0.25) is 0 Å². The predicted octanol–water partition coefficient (Wildman–Crippen LogP) is 2.61. The zero-order chi connectivity index (χ0) is 17.5. The van der Waals surface area contributed by atoms with Crippen molar-refractivity contribution in [2.24, 2.45) is 0 Å². The third kappa shape index (κ3) is 5.14. The van der Waals surface area contributed by atoms with E-state index in [4.69, 9.17) is 5.11 Å². The monoisotopic (exact) mass is 338 g/mol. The number of aliphatic hydroxyl groups excluding tert-OH is 1. The van der Waals surface area contributed by atoms with Gasteiger partial charge < -0.3 is 5.11 Å². The molecule has 1 N–H and O–H groups in total. The largest absolute Gasteiger partial charge is 0.384 e. The molecule has 0 amide bonds. The summed E-state index contributed by atoms with van der Waals surface area (Å²) >= 11 is 0. The third-order valence-corrected chi connectivity index (χ3v) is 4.51. The van der Waals surface area contributed by atoms with E-state index in [1.807, 2.05) is 12.1 Å². The lowest BCUT2D eigenvalue weighted by Gasteiger charge is -2.33. The molecule has 2 aromatic carbocycles. The Morgan fingerprint density at radius 3 is 1.96 bits per heavy atom. The van der Waals surface area contributed by atoms with Gasteiger partial charge in [0.1, 0.15) is 12.4 Å². The van der Waals surface area contributed by atoms with Gasteiger partial charge in [-0.3, -0.25) is 9.80 Å². The molecule has 1 heterocycles. The van der Waals surface area contributed by atoms with Crippen molar-refractivity contribution in [1.29, 1.82) is 0 Å². The fourth-order valence-corrected chi connectivity index (χ4v) is 3.03. The minimum absolute atomic E-state index is 0.0616. The van der Waals surface area contributed by atoms with Gasteiger partial charge in [0.05, 0.1) is 6.54 Å². The van der Waals surface area contributed by atoms with Gasteiger partial charge in [0.2, 0.25) is 0 Å². The Morgan fingerprint density at radius 2 is 1.36 bits per heavy atom. The summed E-state index contributed by atoms with van der Waals surface area (Å²) in [5.41, 5.74) is 3.43. The number of hydrogen-bond donors (Lipinski definition) is 1. The van der Waals surface area contributed by atoms with Gasteiger partial charge in [0.15, 0.2) is 0 Å². The summed E-state index contributed by atoms with van der Waals surface area (Å²) < 4.78 is 13.0. The normalized spacial score (nSPS) is 15.6. The highest BCUT2D eigenvalue weighted by Crippen LogP contribution is 2.20. The van der Waals surface area contributed by atoms with Crippen LogP contribution >= 0.6 is 0 Å². The van der Waals surface area contributed by atoms with Gasteiger partial charge in [-0.2, -0.15) is 0 Å². The number of aliphatic hydroxyl groups is 1. The lowest BCUT2D eigenvalue weighted by Crippen LogP contribution is -2.45. The van der Waals surface area contributed by atoms with E-state index in [2.05, 4.69) is 45.9 Å². The first kappa shape index (κ1) is 17.6. The summed E-state index contributed by atoms with van der Waals surface area (Å²) in [4.78, 5) is 4.76. The SMILES string of the molecule is OCC#CCN1CCN(Cc2ccc(-c3ccc(F)cc3)cc2)CC1. The lowest BCUT2D eigenvalue weighted by atomic mass is 10.0. The minimum Gasteiger partial charge on any atom is -0.384 e. The minimum atomic E-state index is -0.207. The molecule has 3 rings (SSSR count). The molecule has 0 unspecified atom stereocenters. The Bertz CT molecular complexity index is 723. The molecule has 0 spiro atoms. The van der Waals surface area contributed by atoms with Crippen LogP contribution in [0.4, 0.5) is 4.39 Å². The molecule has 0 atom stereocenters. The molecule has 1 fully saturated rings. The molecule has 0 aromatic heterocycles. The Labute approximate surface area is 148 Å². The van der Waals surface area contributed by atoms with Crippen LogP contribution in [0.3, 0.4) is 0 Å². The molecule has 1 aliphatic heterocycles. The van der Waals surface area contributed by atoms with E-state index in [1.165, 1.54) is 17.7 Å². The lowest BCUT2D eigenvalue weighted by molar-refractivity contribution is 0.138. The van der Waals surface area contributed by atoms with Gasteiger partial charge in [-0.05, 0) is 28.8 Å². The van der Waals surface area contributed by atoms with Gasteiger partial charge in [0, 0.05) is 32.7 Å². The molecule has 0 aliphatic carbocycles. The second-order valence-corrected chi connectivity index (χ2v) is 6.27. The second kappa shape index (κ2) is 8.77. The topological polar surface area (TPSA) is 26.7 Å².